The maximum atomic E-state index is 4.51. The summed E-state index contributed by atoms with van der Waals surface area (Å²) in [6.45, 7) is 9.16. The topological polar surface area (TPSA) is 41.1 Å². The van der Waals surface area contributed by atoms with Crippen molar-refractivity contribution in [2.24, 2.45) is 0 Å². The SMILES string of the molecule is CN(c1nnc(-c2cc3ccccc3s2)s1)C1CC(C)(C)NC(C)(C)C1. The van der Waals surface area contributed by atoms with E-state index in [0.717, 1.165) is 23.0 Å². The van der Waals surface area contributed by atoms with Crippen molar-refractivity contribution in [1.29, 1.82) is 0 Å². The van der Waals surface area contributed by atoms with Gasteiger partial charge in [0.2, 0.25) is 5.13 Å². The van der Waals surface area contributed by atoms with E-state index in [1.807, 2.05) is 0 Å². The number of rotatable bonds is 3. The van der Waals surface area contributed by atoms with Crippen molar-refractivity contribution in [3.8, 4) is 9.88 Å². The van der Waals surface area contributed by atoms with Gasteiger partial charge in [-0.2, -0.15) is 0 Å². The van der Waals surface area contributed by atoms with Crippen LogP contribution >= 0.6 is 22.7 Å². The molecule has 3 aromatic rings. The quantitative estimate of drug-likeness (QED) is 0.674. The molecule has 1 N–H and O–H groups in total. The van der Waals surface area contributed by atoms with Crippen molar-refractivity contribution in [1.82, 2.24) is 15.5 Å². The minimum absolute atomic E-state index is 0.125. The van der Waals surface area contributed by atoms with E-state index in [0.29, 0.717) is 6.04 Å². The molecule has 0 bridgehead atoms. The Balaban J connectivity index is 1.59. The zero-order valence-electron chi connectivity index (χ0n) is 16.0. The minimum atomic E-state index is 0.125. The van der Waals surface area contributed by atoms with Crippen LogP contribution in [0, 0.1) is 0 Å². The molecule has 0 atom stereocenters. The summed E-state index contributed by atoms with van der Waals surface area (Å²) in [4.78, 5) is 3.54. The second-order valence-corrected chi connectivity index (χ2v) is 10.6. The molecule has 1 aliphatic rings. The highest BCUT2D eigenvalue weighted by Gasteiger charge is 2.39. The maximum absolute atomic E-state index is 4.51. The number of thiophene rings is 1. The molecule has 4 rings (SSSR count). The molecule has 4 nitrogen and oxygen atoms in total. The fourth-order valence-corrected chi connectivity index (χ4v) is 6.22. The number of fused-ring (bicyclic) bond motifs is 1. The molecule has 138 valence electrons. The van der Waals surface area contributed by atoms with Crippen LogP contribution in [0.4, 0.5) is 5.13 Å². The first-order chi connectivity index (χ1) is 12.2. The molecule has 1 fully saturated rings. The highest BCUT2D eigenvalue weighted by Crippen LogP contribution is 2.39. The second-order valence-electron chi connectivity index (χ2n) is 8.60. The van der Waals surface area contributed by atoms with Crippen LogP contribution in [0.2, 0.25) is 0 Å². The van der Waals surface area contributed by atoms with Crippen LogP contribution in [0.5, 0.6) is 0 Å². The molecule has 1 saturated heterocycles. The van der Waals surface area contributed by atoms with Crippen molar-refractivity contribution in [3.05, 3.63) is 30.3 Å². The van der Waals surface area contributed by atoms with Crippen LogP contribution in [-0.2, 0) is 0 Å². The molecule has 26 heavy (non-hydrogen) atoms. The Morgan fingerprint density at radius 1 is 1.04 bits per heavy atom. The molecule has 3 heterocycles. The Kier molecular flexibility index (Phi) is 4.33. The van der Waals surface area contributed by atoms with Crippen molar-refractivity contribution in [2.75, 3.05) is 11.9 Å². The molecule has 0 amide bonds. The smallest absolute Gasteiger partial charge is 0.208 e. The molecule has 0 aliphatic carbocycles. The molecular formula is C20H26N4S2. The lowest BCUT2D eigenvalue weighted by Gasteiger charge is -2.48. The largest absolute Gasteiger partial charge is 0.347 e. The van der Waals surface area contributed by atoms with E-state index in [4.69, 9.17) is 0 Å². The van der Waals surface area contributed by atoms with Gasteiger partial charge in [0.1, 0.15) is 0 Å². The zero-order chi connectivity index (χ0) is 18.5. The first-order valence-corrected chi connectivity index (χ1v) is 10.7. The average Bonchev–Trinajstić information content (AvgIpc) is 3.17. The molecule has 1 aliphatic heterocycles. The number of nitrogens with zero attached hydrogens (tertiary/aromatic N) is 3. The fourth-order valence-electron chi connectivity index (χ4n) is 4.24. The molecule has 1 aromatic carbocycles. The van der Waals surface area contributed by atoms with Crippen LogP contribution in [0.25, 0.3) is 20.0 Å². The van der Waals surface area contributed by atoms with Gasteiger partial charge >= 0.3 is 0 Å². The molecule has 2 aromatic heterocycles. The number of hydrogen-bond donors (Lipinski definition) is 1. The molecule has 0 spiro atoms. The Morgan fingerprint density at radius 2 is 1.73 bits per heavy atom. The average molecular weight is 387 g/mol. The first-order valence-electron chi connectivity index (χ1n) is 9.07. The van der Waals surface area contributed by atoms with E-state index in [2.05, 4.69) is 85.5 Å². The summed E-state index contributed by atoms with van der Waals surface area (Å²) in [5, 5.41) is 16.1. The second kappa shape index (κ2) is 6.29. The standard InChI is InChI=1S/C20H26N4S2/c1-19(2)11-14(12-20(3,4)23-19)24(5)18-22-21-17(26-18)16-10-13-8-6-7-9-15(13)25-16/h6-10,14,23H,11-12H2,1-5H3. The number of anilines is 1. The van der Waals surface area contributed by atoms with E-state index < -0.39 is 0 Å². The van der Waals surface area contributed by atoms with E-state index in [1.54, 1.807) is 22.7 Å². The van der Waals surface area contributed by atoms with Gasteiger partial charge in [-0.3, -0.25) is 0 Å². The third kappa shape index (κ3) is 3.50. The Hall–Kier alpha value is -1.50. The van der Waals surface area contributed by atoms with Crippen LogP contribution in [0.15, 0.2) is 30.3 Å². The molecule has 6 heteroatoms. The van der Waals surface area contributed by atoms with Crippen LogP contribution in [0.1, 0.15) is 40.5 Å². The normalized spacial score (nSPS) is 19.7. The predicted octanol–water partition coefficient (Wildman–Crippen LogP) is 5.17. The number of piperidine rings is 1. The highest BCUT2D eigenvalue weighted by molar-refractivity contribution is 7.26. The van der Waals surface area contributed by atoms with E-state index >= 15 is 0 Å². The predicted molar refractivity (Wildman–Crippen MR) is 113 cm³/mol. The van der Waals surface area contributed by atoms with Gasteiger partial charge < -0.3 is 10.2 Å². The lowest BCUT2D eigenvalue weighted by Crippen LogP contribution is -2.61. The monoisotopic (exact) mass is 386 g/mol. The van der Waals surface area contributed by atoms with Crippen molar-refractivity contribution in [2.45, 2.75) is 57.7 Å². The van der Waals surface area contributed by atoms with Gasteiger partial charge in [-0.25, -0.2) is 0 Å². The van der Waals surface area contributed by atoms with Gasteiger partial charge in [0, 0.05) is 28.9 Å². The molecular weight excluding hydrogens is 360 g/mol. The summed E-state index contributed by atoms with van der Waals surface area (Å²) in [6.07, 6.45) is 2.20. The van der Waals surface area contributed by atoms with E-state index in [1.165, 1.54) is 15.0 Å². The zero-order valence-corrected chi connectivity index (χ0v) is 17.7. The lowest BCUT2D eigenvalue weighted by molar-refractivity contribution is 0.161. The molecule has 0 saturated carbocycles. The van der Waals surface area contributed by atoms with Gasteiger partial charge in [-0.15, -0.1) is 21.5 Å². The van der Waals surface area contributed by atoms with Crippen molar-refractivity contribution >= 4 is 37.9 Å². The Labute approximate surface area is 163 Å². The highest BCUT2D eigenvalue weighted by atomic mass is 32.1. The molecule has 0 unspecified atom stereocenters. The number of benzene rings is 1. The van der Waals surface area contributed by atoms with Crippen LogP contribution in [-0.4, -0.2) is 34.4 Å². The van der Waals surface area contributed by atoms with Crippen molar-refractivity contribution in [3.63, 3.8) is 0 Å². The maximum Gasteiger partial charge on any atom is 0.208 e. The first kappa shape index (κ1) is 17.9. The molecule has 0 radical (unpaired) electrons. The summed E-state index contributed by atoms with van der Waals surface area (Å²) in [5.74, 6) is 0. The number of aromatic nitrogens is 2. The number of hydrogen-bond acceptors (Lipinski definition) is 6. The third-order valence-electron chi connectivity index (χ3n) is 5.07. The van der Waals surface area contributed by atoms with Gasteiger partial charge in [-0.05, 0) is 58.1 Å². The summed E-state index contributed by atoms with van der Waals surface area (Å²) in [7, 11) is 2.16. The minimum Gasteiger partial charge on any atom is -0.347 e. The van der Waals surface area contributed by atoms with E-state index in [-0.39, 0.29) is 11.1 Å². The fraction of sp³-hybridized carbons (Fsp3) is 0.500. The van der Waals surface area contributed by atoms with Crippen LogP contribution < -0.4 is 10.2 Å². The van der Waals surface area contributed by atoms with Gasteiger partial charge in [0.15, 0.2) is 5.01 Å². The van der Waals surface area contributed by atoms with Crippen LogP contribution in [0.3, 0.4) is 0 Å². The summed E-state index contributed by atoms with van der Waals surface area (Å²) >= 11 is 3.49. The van der Waals surface area contributed by atoms with Gasteiger partial charge in [-0.1, -0.05) is 29.5 Å². The van der Waals surface area contributed by atoms with Gasteiger partial charge in [0.05, 0.1) is 4.88 Å². The third-order valence-corrected chi connectivity index (χ3v) is 7.37. The summed E-state index contributed by atoms with van der Waals surface area (Å²) in [5.41, 5.74) is 0.249. The van der Waals surface area contributed by atoms with Crippen molar-refractivity contribution < 1.29 is 0 Å². The lowest BCUT2D eigenvalue weighted by atomic mass is 9.79. The Morgan fingerprint density at radius 3 is 2.42 bits per heavy atom. The Bertz CT molecular complexity index is 876. The van der Waals surface area contributed by atoms with E-state index in [9.17, 15) is 0 Å². The summed E-state index contributed by atoms with van der Waals surface area (Å²) < 4.78 is 1.30. The van der Waals surface area contributed by atoms with Gasteiger partial charge in [0.25, 0.3) is 0 Å². The number of nitrogens with one attached hydrogen (secondary N) is 1. The summed E-state index contributed by atoms with van der Waals surface area (Å²) in [6, 6.07) is 11.2.